The van der Waals surface area contributed by atoms with Gasteiger partial charge in [0.1, 0.15) is 28.7 Å². The second kappa shape index (κ2) is 13.0. The Balaban J connectivity index is 1.50. The molecule has 0 saturated carbocycles. The van der Waals surface area contributed by atoms with Gasteiger partial charge in [0, 0.05) is 35.0 Å². The fourth-order valence-electron chi connectivity index (χ4n) is 5.58. The molecule has 3 atom stereocenters. The van der Waals surface area contributed by atoms with Crippen LogP contribution in [0.1, 0.15) is 37.2 Å². The van der Waals surface area contributed by atoms with Crippen LogP contribution in [-0.2, 0) is 16.0 Å². The number of aromatic nitrogens is 2. The van der Waals surface area contributed by atoms with Crippen molar-refractivity contribution in [1.82, 2.24) is 14.9 Å². The van der Waals surface area contributed by atoms with Crippen LogP contribution < -0.4 is 21.9 Å². The number of carbonyl (C=O) groups is 1. The number of hydrogen-bond acceptors (Lipinski definition) is 8. The molecule has 2 aliphatic rings. The number of H-pyrrole nitrogens is 1. The normalized spacial score (nSPS) is 21.9. The zero-order valence-corrected chi connectivity index (χ0v) is 25.9. The van der Waals surface area contributed by atoms with E-state index >= 15 is 4.39 Å². The SMILES string of the molecule is C[C@@H]1CCC(c2nc(F)c(-c3ccc4c(c3)[S+]([O-])CCN4)[nH]2)N(C)/C1=C\C(=C/C=O)c1cc(Cl)ccc1N(N)/C=C(\N)Cl. The smallest absolute Gasteiger partial charge is 0.238 e. The van der Waals surface area contributed by atoms with Crippen molar-refractivity contribution in [2.24, 2.45) is 17.5 Å². The third-order valence-corrected chi connectivity index (χ3v) is 9.46. The van der Waals surface area contributed by atoms with Gasteiger partial charge in [0.05, 0.1) is 30.2 Å². The van der Waals surface area contributed by atoms with Crippen molar-refractivity contribution in [1.29, 1.82) is 0 Å². The van der Waals surface area contributed by atoms with E-state index in [1.54, 1.807) is 30.3 Å². The molecular formula is C30H32Cl2FN7O2S. The molecule has 43 heavy (non-hydrogen) atoms. The van der Waals surface area contributed by atoms with Crippen molar-refractivity contribution in [3.8, 4) is 11.3 Å². The number of nitrogens with zero attached hydrogens (tertiary/aromatic N) is 3. The van der Waals surface area contributed by atoms with Gasteiger partial charge in [-0.2, -0.15) is 4.39 Å². The second-order valence-corrected chi connectivity index (χ2v) is 12.9. The number of imidazole rings is 1. The van der Waals surface area contributed by atoms with E-state index < -0.39 is 17.1 Å². The number of fused-ring (bicyclic) bond motifs is 1. The summed E-state index contributed by atoms with van der Waals surface area (Å²) in [5, 5.41) is 4.93. The average molecular weight is 645 g/mol. The summed E-state index contributed by atoms with van der Waals surface area (Å²) < 4.78 is 27.9. The standard InChI is InChI=1S/C30H32Cl2FN7O2S/c1-17-3-7-24(30-37-28(29(33)38-30)19-4-6-22-26(14-19)43(42)12-10-36-22)39(2)25(17)13-18(9-11-41)21-15-20(31)5-8-23(21)40(35)16-27(32)34/h4-6,8-9,11,13-17,24,36H,3,7,10,12,34-35H2,1-2H3,(H,37,38)/b18-9+,25-13-,27-16-/t17-,24?,43?/m1/s1. The number of aromatic amines is 1. The maximum atomic E-state index is 15.3. The van der Waals surface area contributed by atoms with E-state index in [0.29, 0.717) is 56.7 Å². The third kappa shape index (κ3) is 6.56. The average Bonchev–Trinajstić information content (AvgIpc) is 3.35. The lowest BCUT2D eigenvalue weighted by Gasteiger charge is -2.39. The summed E-state index contributed by atoms with van der Waals surface area (Å²) in [6.07, 6.45) is 6.93. The van der Waals surface area contributed by atoms with E-state index in [1.807, 2.05) is 24.1 Å². The molecule has 13 heteroatoms. The number of anilines is 2. The van der Waals surface area contributed by atoms with Gasteiger partial charge in [-0.1, -0.05) is 36.2 Å². The van der Waals surface area contributed by atoms with Crippen LogP contribution in [0, 0.1) is 11.9 Å². The Bertz CT molecular complexity index is 1620. The summed E-state index contributed by atoms with van der Waals surface area (Å²) in [6, 6.07) is 10.2. The number of benzene rings is 2. The van der Waals surface area contributed by atoms with E-state index in [-0.39, 0.29) is 22.8 Å². The number of hydrazine groups is 1. The highest BCUT2D eigenvalue weighted by Crippen LogP contribution is 2.41. The molecule has 3 heterocycles. The molecular weight excluding hydrogens is 612 g/mol. The number of allylic oxidation sites excluding steroid dienone is 4. The van der Waals surface area contributed by atoms with Gasteiger partial charge in [0.25, 0.3) is 0 Å². The van der Waals surface area contributed by atoms with Crippen LogP contribution in [0.2, 0.25) is 5.02 Å². The van der Waals surface area contributed by atoms with Crippen molar-refractivity contribution >= 4 is 57.6 Å². The number of likely N-dealkylation sites (tertiary alicyclic amines) is 1. The van der Waals surface area contributed by atoms with Crippen molar-refractivity contribution in [2.75, 3.05) is 29.7 Å². The second-order valence-electron chi connectivity index (χ2n) is 10.5. The Hall–Kier alpha value is -3.48. The van der Waals surface area contributed by atoms with Crippen molar-refractivity contribution in [3.63, 3.8) is 0 Å². The number of carbonyl (C=O) groups excluding carboxylic acids is 1. The predicted octanol–water partition coefficient (Wildman–Crippen LogP) is 5.65. The first-order valence-electron chi connectivity index (χ1n) is 13.7. The molecule has 0 radical (unpaired) electrons. The van der Waals surface area contributed by atoms with Gasteiger partial charge in [-0.05, 0) is 71.9 Å². The number of halogens is 3. The van der Waals surface area contributed by atoms with Crippen LogP contribution in [0.3, 0.4) is 0 Å². The lowest BCUT2D eigenvalue weighted by atomic mass is 9.88. The number of nitrogens with two attached hydrogens (primary N) is 2. The Morgan fingerprint density at radius 1 is 1.28 bits per heavy atom. The monoisotopic (exact) mass is 643 g/mol. The van der Waals surface area contributed by atoms with Gasteiger partial charge < -0.3 is 25.5 Å². The van der Waals surface area contributed by atoms with Crippen molar-refractivity contribution in [2.45, 2.75) is 30.7 Å². The first kappa shape index (κ1) is 31.0. The summed E-state index contributed by atoms with van der Waals surface area (Å²) in [5.41, 5.74) is 9.86. The summed E-state index contributed by atoms with van der Waals surface area (Å²) in [5.74, 6) is 6.69. The highest BCUT2D eigenvalue weighted by Gasteiger charge is 2.32. The van der Waals surface area contributed by atoms with Gasteiger partial charge in [-0.3, -0.25) is 9.80 Å². The van der Waals surface area contributed by atoms with Gasteiger partial charge >= 0.3 is 0 Å². The first-order chi connectivity index (χ1) is 20.6. The Morgan fingerprint density at radius 3 is 2.81 bits per heavy atom. The zero-order valence-electron chi connectivity index (χ0n) is 23.6. The molecule has 9 nitrogen and oxygen atoms in total. The summed E-state index contributed by atoms with van der Waals surface area (Å²) in [6.45, 7) is 2.73. The largest absolute Gasteiger partial charge is 0.611 e. The van der Waals surface area contributed by atoms with Gasteiger partial charge in [-0.15, -0.1) is 0 Å². The maximum Gasteiger partial charge on any atom is 0.238 e. The van der Waals surface area contributed by atoms with Crippen LogP contribution in [0.5, 0.6) is 0 Å². The number of piperidine rings is 1. The van der Waals surface area contributed by atoms with Crippen molar-refractivity contribution in [3.05, 3.63) is 88.0 Å². The molecule has 2 aromatic carbocycles. The minimum Gasteiger partial charge on any atom is -0.611 e. The highest BCUT2D eigenvalue weighted by molar-refractivity contribution is 7.91. The van der Waals surface area contributed by atoms with Crippen LogP contribution in [0.25, 0.3) is 16.8 Å². The zero-order chi connectivity index (χ0) is 30.8. The minimum atomic E-state index is -1.15. The molecule has 0 amide bonds. The number of rotatable bonds is 7. The van der Waals surface area contributed by atoms with Gasteiger partial charge in [0.2, 0.25) is 5.95 Å². The fourth-order valence-corrected chi connectivity index (χ4v) is 7.00. The lowest BCUT2D eigenvalue weighted by molar-refractivity contribution is -0.104. The lowest BCUT2D eigenvalue weighted by Crippen LogP contribution is -2.33. The molecule has 1 fully saturated rings. The number of hydrogen-bond donors (Lipinski definition) is 4. The first-order valence-corrected chi connectivity index (χ1v) is 15.7. The molecule has 3 aromatic rings. The Labute approximate surface area is 262 Å². The maximum absolute atomic E-state index is 15.3. The van der Waals surface area contributed by atoms with Crippen LogP contribution in [-0.4, -0.2) is 45.1 Å². The summed E-state index contributed by atoms with van der Waals surface area (Å²) >= 11 is 11.1. The fraction of sp³-hybridized carbons (Fsp3) is 0.267. The number of nitrogens with one attached hydrogen (secondary N) is 2. The topological polar surface area (TPSA) is 139 Å². The van der Waals surface area contributed by atoms with E-state index in [9.17, 15) is 9.35 Å². The molecule has 0 bridgehead atoms. The van der Waals surface area contributed by atoms with E-state index in [4.69, 9.17) is 34.8 Å². The predicted molar refractivity (Wildman–Crippen MR) is 171 cm³/mol. The summed E-state index contributed by atoms with van der Waals surface area (Å²) in [4.78, 5) is 22.0. The molecule has 1 saturated heterocycles. The van der Waals surface area contributed by atoms with E-state index in [2.05, 4.69) is 22.2 Å². The van der Waals surface area contributed by atoms with Crippen LogP contribution in [0.4, 0.5) is 15.8 Å². The molecule has 2 aliphatic heterocycles. The molecule has 1 aromatic heterocycles. The molecule has 5 rings (SSSR count). The highest BCUT2D eigenvalue weighted by atomic mass is 35.5. The number of aldehydes is 1. The molecule has 226 valence electrons. The Kier molecular flexibility index (Phi) is 9.38. The quantitative estimate of drug-likeness (QED) is 0.0647. The van der Waals surface area contributed by atoms with Gasteiger partial charge in [0.15, 0.2) is 4.90 Å². The summed E-state index contributed by atoms with van der Waals surface area (Å²) in [7, 11) is 1.92. The van der Waals surface area contributed by atoms with Gasteiger partial charge in [-0.25, -0.2) is 10.8 Å². The Morgan fingerprint density at radius 2 is 2.07 bits per heavy atom. The molecule has 6 N–H and O–H groups in total. The van der Waals surface area contributed by atoms with Crippen molar-refractivity contribution < 1.29 is 13.7 Å². The van der Waals surface area contributed by atoms with E-state index in [1.165, 1.54) is 17.3 Å². The van der Waals surface area contributed by atoms with E-state index in [0.717, 1.165) is 24.2 Å². The van der Waals surface area contributed by atoms with Crippen LogP contribution in [0.15, 0.2) is 70.5 Å². The molecule has 0 aliphatic carbocycles. The molecule has 0 spiro atoms. The third-order valence-electron chi connectivity index (χ3n) is 7.73. The van der Waals surface area contributed by atoms with Crippen LogP contribution >= 0.6 is 23.2 Å². The molecule has 2 unspecified atom stereocenters. The minimum absolute atomic E-state index is 0.0171.